The van der Waals surface area contributed by atoms with Crippen molar-refractivity contribution in [2.24, 2.45) is 10.8 Å². The van der Waals surface area contributed by atoms with Gasteiger partial charge in [0.2, 0.25) is 0 Å². The lowest BCUT2D eigenvalue weighted by Gasteiger charge is -2.39. The number of hydrogen-bond donors (Lipinski definition) is 2. The van der Waals surface area contributed by atoms with Gasteiger partial charge in [-0.3, -0.25) is 0 Å². The Hall–Kier alpha value is -2.20. The fraction of sp³-hybridized carbons (Fsp3) is 0.600. The zero-order valence-corrected chi connectivity index (χ0v) is 34.5. The number of rotatable bonds is 20. The summed E-state index contributed by atoms with van der Waals surface area (Å²) in [6, 6.07) is 23.1. The Balaban J connectivity index is 1.05. The highest BCUT2D eigenvalue weighted by molar-refractivity contribution is 7.99. The van der Waals surface area contributed by atoms with Crippen LogP contribution in [0.5, 0.6) is 11.5 Å². The molecular formula is C45H64O6S2. The number of aliphatic hydroxyl groups is 2. The predicted molar refractivity (Wildman–Crippen MR) is 220 cm³/mol. The molecule has 0 unspecified atom stereocenters. The van der Waals surface area contributed by atoms with Crippen LogP contribution in [0.25, 0.3) is 0 Å². The molecule has 3 aromatic rings. The predicted octanol–water partition coefficient (Wildman–Crippen LogP) is 10.5. The molecule has 6 nitrogen and oxygen atoms in total. The first-order valence-corrected chi connectivity index (χ1v) is 22.1. The van der Waals surface area contributed by atoms with Crippen molar-refractivity contribution in [2.75, 3.05) is 51.1 Å². The van der Waals surface area contributed by atoms with Crippen molar-refractivity contribution in [3.8, 4) is 11.5 Å². The quantitative estimate of drug-likeness (QED) is 0.110. The van der Waals surface area contributed by atoms with Gasteiger partial charge in [-0.1, -0.05) is 90.6 Å². The molecule has 6 atom stereocenters. The standard InChI is InChI=1S/C45H64O6S2/c1-6-10-21-44(8-3)31-52-39-19-17-35(29-37(39)33(5)42(44)46)50-27-25-48-23-24-49-26-28-51-36-18-20-40-38(30-36)41(34-15-13-12-14-16-34)43(47)45(9-4,32-53-40)22-11-7-2/h12-20,29-30,33,41-43,46-47H,6-11,21-28,31-32H2,1-5H3/t33-,41+,42-,43+,44+,45-/m1/s1. The molecule has 2 N–H and O–H groups in total. The first-order valence-electron chi connectivity index (χ1n) is 20.2. The molecule has 0 amide bonds. The molecule has 0 radical (unpaired) electrons. The maximum absolute atomic E-state index is 12.1. The van der Waals surface area contributed by atoms with E-state index < -0.39 is 6.10 Å². The van der Waals surface area contributed by atoms with E-state index in [4.69, 9.17) is 18.9 Å². The normalized spacial score (nSPS) is 25.6. The summed E-state index contributed by atoms with van der Waals surface area (Å²) in [6.45, 7) is 13.9. The van der Waals surface area contributed by atoms with Crippen molar-refractivity contribution in [3.63, 3.8) is 0 Å². The summed E-state index contributed by atoms with van der Waals surface area (Å²) in [6.07, 6.45) is 7.75. The van der Waals surface area contributed by atoms with Gasteiger partial charge in [-0.15, -0.1) is 23.5 Å². The van der Waals surface area contributed by atoms with Gasteiger partial charge in [0.1, 0.15) is 24.7 Å². The number of fused-ring (bicyclic) bond motifs is 2. The van der Waals surface area contributed by atoms with Crippen LogP contribution >= 0.6 is 23.5 Å². The van der Waals surface area contributed by atoms with Crippen LogP contribution in [0.3, 0.4) is 0 Å². The highest BCUT2D eigenvalue weighted by atomic mass is 32.2. The number of unbranched alkanes of at least 4 members (excludes halogenated alkanes) is 2. The van der Waals surface area contributed by atoms with E-state index in [0.717, 1.165) is 85.5 Å². The fourth-order valence-electron chi connectivity index (χ4n) is 8.19. The fourth-order valence-corrected chi connectivity index (χ4v) is 11.2. The Kier molecular flexibility index (Phi) is 16.3. The summed E-state index contributed by atoms with van der Waals surface area (Å²) >= 11 is 3.76. The first-order chi connectivity index (χ1) is 25.8. The number of thioether (sulfide) groups is 2. The highest BCUT2D eigenvalue weighted by Gasteiger charge is 2.45. The second-order valence-electron chi connectivity index (χ2n) is 15.1. The van der Waals surface area contributed by atoms with Gasteiger partial charge < -0.3 is 29.2 Å². The van der Waals surface area contributed by atoms with Gasteiger partial charge in [-0.05, 0) is 78.8 Å². The van der Waals surface area contributed by atoms with Crippen molar-refractivity contribution in [1.29, 1.82) is 0 Å². The molecule has 0 bridgehead atoms. The average Bonchev–Trinajstić information content (AvgIpc) is 3.37. The lowest BCUT2D eigenvalue weighted by atomic mass is 9.69. The average molecular weight is 765 g/mol. The van der Waals surface area contributed by atoms with E-state index in [9.17, 15) is 10.2 Å². The lowest BCUT2D eigenvalue weighted by molar-refractivity contribution is 0.0133. The second-order valence-corrected chi connectivity index (χ2v) is 17.1. The van der Waals surface area contributed by atoms with Gasteiger partial charge in [0.15, 0.2) is 0 Å². The lowest BCUT2D eigenvalue weighted by Crippen LogP contribution is -2.40. The molecule has 2 aliphatic rings. The number of ether oxygens (including phenoxy) is 4. The Morgan fingerprint density at radius 3 is 1.64 bits per heavy atom. The van der Waals surface area contributed by atoms with Crippen molar-refractivity contribution in [1.82, 2.24) is 0 Å². The van der Waals surface area contributed by atoms with E-state index in [1.807, 2.05) is 41.7 Å². The molecule has 0 fully saturated rings. The number of aliphatic hydroxyl groups excluding tert-OH is 2. The minimum Gasteiger partial charge on any atom is -0.491 e. The summed E-state index contributed by atoms with van der Waals surface area (Å²) in [5.74, 6) is 3.44. The maximum atomic E-state index is 12.1. The minimum absolute atomic E-state index is 0.0468. The first kappa shape index (κ1) is 42.0. The molecule has 0 aliphatic carbocycles. The second kappa shape index (κ2) is 20.6. The molecule has 3 aromatic carbocycles. The van der Waals surface area contributed by atoms with Crippen molar-refractivity contribution in [3.05, 3.63) is 83.4 Å². The molecular weight excluding hydrogens is 701 g/mol. The van der Waals surface area contributed by atoms with E-state index in [1.54, 1.807) is 0 Å². The SMILES string of the molecule is CCCC[C@@]1(CC)CSc2ccc(OCCOCCOCCOc3ccc4c(c3)[C@H](c3ccccc3)[C@H](O)[C@](CC)(CCCC)CS4)cc2[C@@H](C)[C@H]1O. The van der Waals surface area contributed by atoms with Crippen LogP contribution in [0.4, 0.5) is 0 Å². The van der Waals surface area contributed by atoms with Gasteiger partial charge in [0, 0.05) is 44.0 Å². The third-order valence-corrected chi connectivity index (χ3v) is 14.7. The number of benzene rings is 3. The van der Waals surface area contributed by atoms with E-state index in [2.05, 4.69) is 83.1 Å². The summed E-state index contributed by atoms with van der Waals surface area (Å²) < 4.78 is 23.9. The Bertz CT molecular complexity index is 1540. The summed E-state index contributed by atoms with van der Waals surface area (Å²) in [5, 5.41) is 23.6. The van der Waals surface area contributed by atoms with Crippen molar-refractivity contribution in [2.45, 2.75) is 120 Å². The largest absolute Gasteiger partial charge is 0.491 e. The Labute approximate surface area is 328 Å². The van der Waals surface area contributed by atoms with Gasteiger partial charge in [0.25, 0.3) is 0 Å². The summed E-state index contributed by atoms with van der Waals surface area (Å²) in [7, 11) is 0. The van der Waals surface area contributed by atoms with Gasteiger partial charge in [-0.2, -0.15) is 0 Å². The molecule has 2 aliphatic heterocycles. The minimum atomic E-state index is -0.477. The molecule has 0 spiro atoms. The van der Waals surface area contributed by atoms with E-state index in [1.165, 1.54) is 15.4 Å². The van der Waals surface area contributed by atoms with Crippen LogP contribution in [-0.2, 0) is 9.47 Å². The van der Waals surface area contributed by atoms with E-state index in [0.29, 0.717) is 39.6 Å². The molecule has 0 aromatic heterocycles. The molecule has 2 heterocycles. The zero-order chi connectivity index (χ0) is 37.7. The summed E-state index contributed by atoms with van der Waals surface area (Å²) in [4.78, 5) is 2.48. The van der Waals surface area contributed by atoms with Crippen molar-refractivity contribution >= 4 is 23.5 Å². The number of hydrogen-bond acceptors (Lipinski definition) is 8. The van der Waals surface area contributed by atoms with Crippen LogP contribution in [0.2, 0.25) is 0 Å². The maximum Gasteiger partial charge on any atom is 0.119 e. The van der Waals surface area contributed by atoms with Crippen LogP contribution in [0.15, 0.2) is 76.5 Å². The Morgan fingerprint density at radius 2 is 1.11 bits per heavy atom. The van der Waals surface area contributed by atoms with Crippen LogP contribution < -0.4 is 9.47 Å². The van der Waals surface area contributed by atoms with E-state index >= 15 is 0 Å². The van der Waals surface area contributed by atoms with Gasteiger partial charge in [-0.25, -0.2) is 0 Å². The third kappa shape index (κ3) is 10.4. The molecule has 0 saturated heterocycles. The monoisotopic (exact) mass is 764 g/mol. The Morgan fingerprint density at radius 1 is 0.623 bits per heavy atom. The highest BCUT2D eigenvalue weighted by Crippen LogP contribution is 2.52. The van der Waals surface area contributed by atoms with Crippen LogP contribution in [0.1, 0.15) is 115 Å². The molecule has 53 heavy (non-hydrogen) atoms. The van der Waals surface area contributed by atoms with Crippen LogP contribution in [0, 0.1) is 10.8 Å². The molecule has 0 saturated carbocycles. The van der Waals surface area contributed by atoms with E-state index in [-0.39, 0.29) is 28.8 Å². The zero-order valence-electron chi connectivity index (χ0n) is 32.8. The smallest absolute Gasteiger partial charge is 0.119 e. The topological polar surface area (TPSA) is 77.4 Å². The third-order valence-electron chi connectivity index (χ3n) is 11.9. The molecule has 5 rings (SSSR count). The van der Waals surface area contributed by atoms with Crippen molar-refractivity contribution < 1.29 is 29.2 Å². The molecule has 292 valence electrons. The van der Waals surface area contributed by atoms with Crippen LogP contribution in [-0.4, -0.2) is 73.6 Å². The molecule has 8 heteroatoms. The summed E-state index contributed by atoms with van der Waals surface area (Å²) in [5.41, 5.74) is 3.29. The van der Waals surface area contributed by atoms with Gasteiger partial charge >= 0.3 is 0 Å². The van der Waals surface area contributed by atoms with Gasteiger partial charge in [0.05, 0.1) is 38.6 Å².